The number of anilines is 1. The van der Waals surface area contributed by atoms with Crippen LogP contribution in [0.4, 0.5) is 5.69 Å². The fourth-order valence-electron chi connectivity index (χ4n) is 3.52. The van der Waals surface area contributed by atoms with E-state index in [0.717, 1.165) is 11.1 Å². The molecule has 186 valence electrons. The van der Waals surface area contributed by atoms with Crippen molar-refractivity contribution >= 4 is 33.6 Å². The molecule has 0 bridgehead atoms. The van der Waals surface area contributed by atoms with E-state index in [1.165, 1.54) is 6.08 Å². The first-order valence-electron chi connectivity index (χ1n) is 11.7. The van der Waals surface area contributed by atoms with Crippen molar-refractivity contribution in [3.05, 3.63) is 129 Å². The van der Waals surface area contributed by atoms with Gasteiger partial charge in [-0.1, -0.05) is 54.6 Å². The average molecular weight is 564 g/mol. The Morgan fingerprint density at radius 2 is 1.61 bits per heavy atom. The van der Waals surface area contributed by atoms with Gasteiger partial charge in [0.15, 0.2) is 0 Å². The molecular formula is C31H22BrN3O3. The molecule has 4 aromatic rings. The Morgan fingerprint density at radius 3 is 2.32 bits per heavy atom. The topological polar surface area (TPSA) is 95.1 Å². The lowest BCUT2D eigenvalue weighted by atomic mass is 10.1. The Morgan fingerprint density at radius 1 is 0.868 bits per heavy atom. The van der Waals surface area contributed by atoms with Crippen LogP contribution >= 0.6 is 15.9 Å². The van der Waals surface area contributed by atoms with Crippen molar-refractivity contribution in [1.82, 2.24) is 0 Å². The standard InChI is InChI=1S/C31H22BrN3O3/c32-29-17-23(10-15-30(29)38-21-25-9-5-4-8-24(25)18-33)16-26(19-34)31(36)35-27-11-13-28(14-12-27)37-20-22-6-2-1-3-7-22/h1-17H,20-21H2,(H,35,36)/b26-16+. The van der Waals surface area contributed by atoms with Gasteiger partial charge in [0.2, 0.25) is 0 Å². The van der Waals surface area contributed by atoms with Crippen LogP contribution < -0.4 is 14.8 Å². The maximum absolute atomic E-state index is 12.7. The minimum Gasteiger partial charge on any atom is -0.489 e. The summed E-state index contributed by atoms with van der Waals surface area (Å²) in [6.07, 6.45) is 1.51. The SMILES string of the molecule is N#C/C(=C\c1ccc(OCc2ccccc2C#N)c(Br)c1)C(=O)Nc1ccc(OCc2ccccc2)cc1. The number of halogens is 1. The molecule has 0 fully saturated rings. The summed E-state index contributed by atoms with van der Waals surface area (Å²) >= 11 is 3.48. The molecule has 0 heterocycles. The summed E-state index contributed by atoms with van der Waals surface area (Å²) < 4.78 is 12.3. The summed E-state index contributed by atoms with van der Waals surface area (Å²) in [4.78, 5) is 12.7. The van der Waals surface area contributed by atoms with Gasteiger partial charge in [0.25, 0.3) is 5.91 Å². The van der Waals surface area contributed by atoms with Crippen LogP contribution in [0, 0.1) is 22.7 Å². The number of nitrogens with zero attached hydrogens (tertiary/aromatic N) is 2. The van der Waals surface area contributed by atoms with Gasteiger partial charge in [0.1, 0.15) is 36.4 Å². The fourth-order valence-corrected chi connectivity index (χ4v) is 4.03. The van der Waals surface area contributed by atoms with Gasteiger partial charge >= 0.3 is 0 Å². The number of hydrogen-bond acceptors (Lipinski definition) is 5. The van der Waals surface area contributed by atoms with Gasteiger partial charge in [-0.2, -0.15) is 10.5 Å². The van der Waals surface area contributed by atoms with E-state index in [0.29, 0.717) is 39.4 Å². The average Bonchev–Trinajstić information content (AvgIpc) is 2.95. The molecule has 0 aromatic heterocycles. The summed E-state index contributed by atoms with van der Waals surface area (Å²) in [5.74, 6) is 0.730. The Bertz CT molecular complexity index is 1540. The van der Waals surface area contributed by atoms with Crippen molar-refractivity contribution in [1.29, 1.82) is 10.5 Å². The van der Waals surface area contributed by atoms with Gasteiger partial charge in [-0.3, -0.25) is 4.79 Å². The van der Waals surface area contributed by atoms with Crippen LogP contribution in [0.2, 0.25) is 0 Å². The van der Waals surface area contributed by atoms with Crippen LogP contribution in [-0.2, 0) is 18.0 Å². The summed E-state index contributed by atoms with van der Waals surface area (Å²) in [6.45, 7) is 0.680. The number of ether oxygens (including phenoxy) is 2. The summed E-state index contributed by atoms with van der Waals surface area (Å²) in [5, 5.41) is 21.6. The third kappa shape index (κ3) is 7.10. The fraction of sp³-hybridized carbons (Fsp3) is 0.0645. The highest BCUT2D eigenvalue weighted by molar-refractivity contribution is 9.10. The van der Waals surface area contributed by atoms with Crippen molar-refractivity contribution in [3.63, 3.8) is 0 Å². The third-order valence-corrected chi connectivity index (χ3v) is 6.13. The maximum Gasteiger partial charge on any atom is 0.266 e. The van der Waals surface area contributed by atoms with Crippen LogP contribution in [0.3, 0.4) is 0 Å². The van der Waals surface area contributed by atoms with Gasteiger partial charge in [0, 0.05) is 11.3 Å². The predicted octanol–water partition coefficient (Wildman–Crippen LogP) is 7.02. The zero-order valence-electron chi connectivity index (χ0n) is 20.2. The highest BCUT2D eigenvalue weighted by Gasteiger charge is 2.11. The second-order valence-electron chi connectivity index (χ2n) is 8.17. The Kier molecular flexibility index (Phi) is 8.91. The summed E-state index contributed by atoms with van der Waals surface area (Å²) in [7, 11) is 0. The number of carbonyl (C=O) groups is 1. The molecule has 1 amide bonds. The van der Waals surface area contributed by atoms with E-state index in [-0.39, 0.29) is 12.2 Å². The van der Waals surface area contributed by atoms with Crippen molar-refractivity contribution in [2.45, 2.75) is 13.2 Å². The minimum absolute atomic E-state index is 0.0436. The van der Waals surface area contributed by atoms with Crippen molar-refractivity contribution in [3.8, 4) is 23.6 Å². The molecule has 0 aliphatic rings. The lowest BCUT2D eigenvalue weighted by molar-refractivity contribution is -0.112. The molecule has 0 unspecified atom stereocenters. The van der Waals surface area contributed by atoms with Crippen LogP contribution in [0.15, 0.2) is 107 Å². The smallest absolute Gasteiger partial charge is 0.266 e. The normalized spacial score (nSPS) is 10.7. The number of amides is 1. The number of benzene rings is 4. The number of carbonyl (C=O) groups excluding carboxylic acids is 1. The largest absolute Gasteiger partial charge is 0.489 e. The van der Waals surface area contributed by atoms with Crippen LogP contribution in [0.1, 0.15) is 22.3 Å². The molecule has 0 aliphatic carbocycles. The molecule has 0 aliphatic heterocycles. The van der Waals surface area contributed by atoms with E-state index in [1.54, 1.807) is 54.6 Å². The zero-order valence-corrected chi connectivity index (χ0v) is 21.8. The molecular weight excluding hydrogens is 542 g/mol. The van der Waals surface area contributed by atoms with Crippen LogP contribution in [0.25, 0.3) is 6.08 Å². The minimum atomic E-state index is -0.519. The van der Waals surface area contributed by atoms with Crippen molar-refractivity contribution < 1.29 is 14.3 Å². The van der Waals surface area contributed by atoms with Crippen LogP contribution in [0.5, 0.6) is 11.5 Å². The highest BCUT2D eigenvalue weighted by Crippen LogP contribution is 2.28. The van der Waals surface area contributed by atoms with E-state index < -0.39 is 5.91 Å². The summed E-state index contributed by atoms with van der Waals surface area (Å²) in [5.41, 5.74) is 3.55. The van der Waals surface area contributed by atoms with Crippen LogP contribution in [-0.4, -0.2) is 5.91 Å². The van der Waals surface area contributed by atoms with E-state index in [2.05, 4.69) is 27.3 Å². The van der Waals surface area contributed by atoms with Gasteiger partial charge in [-0.05, 0) is 75.6 Å². The first-order valence-corrected chi connectivity index (χ1v) is 12.5. The predicted molar refractivity (Wildman–Crippen MR) is 149 cm³/mol. The van der Waals surface area contributed by atoms with Gasteiger partial charge in [-0.25, -0.2) is 0 Å². The second-order valence-corrected chi connectivity index (χ2v) is 9.02. The molecule has 1 N–H and O–H groups in total. The Labute approximate surface area is 229 Å². The van der Waals surface area contributed by atoms with Crippen molar-refractivity contribution in [2.24, 2.45) is 0 Å². The monoisotopic (exact) mass is 563 g/mol. The number of hydrogen-bond donors (Lipinski definition) is 1. The number of nitrogens with one attached hydrogen (secondary N) is 1. The maximum atomic E-state index is 12.7. The Balaban J connectivity index is 1.37. The molecule has 0 saturated heterocycles. The van der Waals surface area contributed by atoms with E-state index >= 15 is 0 Å². The first-order chi connectivity index (χ1) is 18.6. The molecule has 0 spiro atoms. The number of nitriles is 2. The van der Waals surface area contributed by atoms with E-state index in [9.17, 15) is 15.3 Å². The molecule has 0 saturated carbocycles. The van der Waals surface area contributed by atoms with E-state index in [4.69, 9.17) is 9.47 Å². The van der Waals surface area contributed by atoms with Gasteiger partial charge in [0.05, 0.1) is 16.1 Å². The first kappa shape index (κ1) is 26.2. The molecule has 0 radical (unpaired) electrons. The summed E-state index contributed by atoms with van der Waals surface area (Å²) in [6, 6.07) is 33.4. The molecule has 38 heavy (non-hydrogen) atoms. The van der Waals surface area contributed by atoms with Gasteiger partial charge < -0.3 is 14.8 Å². The molecule has 6 nitrogen and oxygen atoms in total. The second kappa shape index (κ2) is 12.9. The molecule has 4 aromatic carbocycles. The Hall–Kier alpha value is -4.85. The molecule has 4 rings (SSSR count). The third-order valence-electron chi connectivity index (χ3n) is 5.51. The molecule has 7 heteroatoms. The lowest BCUT2D eigenvalue weighted by Crippen LogP contribution is -2.13. The van der Waals surface area contributed by atoms with E-state index in [1.807, 2.05) is 48.5 Å². The van der Waals surface area contributed by atoms with Crippen molar-refractivity contribution in [2.75, 3.05) is 5.32 Å². The zero-order chi connectivity index (χ0) is 26.7. The lowest BCUT2D eigenvalue weighted by Gasteiger charge is -2.10. The number of rotatable bonds is 9. The van der Waals surface area contributed by atoms with Gasteiger partial charge in [-0.15, -0.1) is 0 Å². The molecule has 0 atom stereocenters. The quantitative estimate of drug-likeness (QED) is 0.174. The highest BCUT2D eigenvalue weighted by atomic mass is 79.9.